The Labute approximate surface area is 110 Å². The van der Waals surface area contributed by atoms with Crippen molar-refractivity contribution < 1.29 is 13.5 Å². The molecule has 1 N–H and O–H groups in total. The molecule has 0 radical (unpaired) electrons. The third-order valence-electron chi connectivity index (χ3n) is 2.81. The summed E-state index contributed by atoms with van der Waals surface area (Å²) in [6.45, 7) is 1.95. The Hall–Kier alpha value is -2.01. The number of benzene rings is 1. The van der Waals surface area contributed by atoms with E-state index >= 15 is 0 Å². The molecule has 0 amide bonds. The number of rotatable bonds is 4. The molecule has 100 valence electrons. The second-order valence-electron chi connectivity index (χ2n) is 4.09. The average molecular weight is 264 g/mol. The van der Waals surface area contributed by atoms with Gasteiger partial charge in [-0.2, -0.15) is 0 Å². The first kappa shape index (κ1) is 13.4. The number of aromatic nitrogens is 1. The third-order valence-corrected chi connectivity index (χ3v) is 2.81. The fourth-order valence-corrected chi connectivity index (χ4v) is 1.63. The number of pyridine rings is 1. The monoisotopic (exact) mass is 264 g/mol. The van der Waals surface area contributed by atoms with Gasteiger partial charge in [0.25, 0.3) is 0 Å². The molecule has 0 aliphatic rings. The predicted molar refractivity (Wildman–Crippen MR) is 68.1 cm³/mol. The van der Waals surface area contributed by atoms with Gasteiger partial charge < -0.3 is 10.1 Å². The Balaban J connectivity index is 2.30. The van der Waals surface area contributed by atoms with Crippen LogP contribution < -0.4 is 10.1 Å². The van der Waals surface area contributed by atoms with Crippen molar-refractivity contribution >= 4 is 0 Å². The first-order chi connectivity index (χ1) is 9.11. The van der Waals surface area contributed by atoms with Gasteiger partial charge in [0.05, 0.1) is 0 Å². The minimum absolute atomic E-state index is 0.0361. The van der Waals surface area contributed by atoms with Crippen LogP contribution in [-0.4, -0.2) is 12.0 Å². The van der Waals surface area contributed by atoms with Gasteiger partial charge in [-0.25, -0.2) is 13.8 Å². The van der Waals surface area contributed by atoms with Gasteiger partial charge in [-0.15, -0.1) is 0 Å². The lowest BCUT2D eigenvalue weighted by Crippen LogP contribution is -2.13. The Bertz CT molecular complexity index is 575. The summed E-state index contributed by atoms with van der Waals surface area (Å²) >= 11 is 0. The number of halogens is 2. The van der Waals surface area contributed by atoms with E-state index in [0.29, 0.717) is 5.88 Å². The van der Waals surface area contributed by atoms with Crippen LogP contribution in [0.15, 0.2) is 36.5 Å². The van der Waals surface area contributed by atoms with E-state index in [0.717, 1.165) is 17.7 Å². The molecule has 0 spiro atoms. The summed E-state index contributed by atoms with van der Waals surface area (Å²) < 4.78 is 31.5. The molecule has 0 aliphatic carbocycles. The van der Waals surface area contributed by atoms with Gasteiger partial charge in [0, 0.05) is 23.9 Å². The average Bonchev–Trinajstić information content (AvgIpc) is 2.43. The Morgan fingerprint density at radius 2 is 2.00 bits per heavy atom. The molecule has 0 saturated heterocycles. The second-order valence-corrected chi connectivity index (χ2v) is 4.09. The van der Waals surface area contributed by atoms with Gasteiger partial charge in [0.15, 0.2) is 11.6 Å². The molecule has 1 atom stereocenters. The van der Waals surface area contributed by atoms with Gasteiger partial charge in [-0.1, -0.05) is 6.07 Å². The summed E-state index contributed by atoms with van der Waals surface area (Å²) in [7, 11) is 1.82. The molecule has 1 aromatic carbocycles. The van der Waals surface area contributed by atoms with Crippen LogP contribution >= 0.6 is 0 Å². The maximum Gasteiger partial charge on any atom is 0.223 e. The molecular formula is C14H14F2N2O. The predicted octanol–water partition coefficient (Wildman–Crippen LogP) is 3.43. The van der Waals surface area contributed by atoms with Crippen molar-refractivity contribution in [1.82, 2.24) is 10.3 Å². The van der Waals surface area contributed by atoms with Crippen molar-refractivity contribution in [3.63, 3.8) is 0 Å². The number of nitrogens with one attached hydrogen (secondary N) is 1. The zero-order chi connectivity index (χ0) is 13.8. The lowest BCUT2D eigenvalue weighted by molar-refractivity contribution is 0.435. The molecule has 0 saturated carbocycles. The molecule has 1 heterocycles. The number of hydrogen-bond acceptors (Lipinski definition) is 3. The molecular weight excluding hydrogens is 250 g/mol. The minimum Gasteiger partial charge on any atom is -0.439 e. The van der Waals surface area contributed by atoms with Crippen LogP contribution in [0.3, 0.4) is 0 Å². The van der Waals surface area contributed by atoms with Crippen molar-refractivity contribution in [1.29, 1.82) is 0 Å². The summed E-state index contributed by atoms with van der Waals surface area (Å²) in [5.41, 5.74) is 0.842. The fraction of sp³-hybridized carbons (Fsp3) is 0.214. The zero-order valence-electron chi connectivity index (χ0n) is 10.7. The molecule has 1 aromatic heterocycles. The van der Waals surface area contributed by atoms with E-state index in [1.165, 1.54) is 6.07 Å². The van der Waals surface area contributed by atoms with E-state index in [2.05, 4.69) is 10.3 Å². The van der Waals surface area contributed by atoms with Gasteiger partial charge >= 0.3 is 0 Å². The van der Waals surface area contributed by atoms with Gasteiger partial charge in [0.2, 0.25) is 5.88 Å². The van der Waals surface area contributed by atoms with E-state index in [1.807, 2.05) is 20.0 Å². The molecule has 2 rings (SSSR count). The first-order valence-corrected chi connectivity index (χ1v) is 5.87. The Morgan fingerprint density at radius 3 is 2.68 bits per heavy atom. The molecule has 2 aromatic rings. The molecule has 5 heteroatoms. The van der Waals surface area contributed by atoms with Crippen LogP contribution in [0.5, 0.6) is 11.6 Å². The number of ether oxygens (including phenoxy) is 1. The SMILES string of the molecule is CNC(C)c1cccnc1Oc1ccc(F)c(F)c1. The lowest BCUT2D eigenvalue weighted by atomic mass is 10.1. The number of nitrogens with zero attached hydrogens (tertiary/aromatic N) is 1. The number of hydrogen-bond donors (Lipinski definition) is 1. The standard InChI is InChI=1S/C14H14F2N2O/c1-9(17-2)11-4-3-7-18-14(11)19-10-5-6-12(15)13(16)8-10/h3-9,17H,1-2H3. The van der Waals surface area contributed by atoms with Crippen molar-refractivity contribution in [2.45, 2.75) is 13.0 Å². The van der Waals surface area contributed by atoms with Crippen molar-refractivity contribution in [2.24, 2.45) is 0 Å². The topological polar surface area (TPSA) is 34.2 Å². The smallest absolute Gasteiger partial charge is 0.223 e. The van der Waals surface area contributed by atoms with E-state index in [1.54, 1.807) is 12.3 Å². The van der Waals surface area contributed by atoms with Crippen LogP contribution in [0.4, 0.5) is 8.78 Å². The Morgan fingerprint density at radius 1 is 1.21 bits per heavy atom. The maximum absolute atomic E-state index is 13.1. The van der Waals surface area contributed by atoms with E-state index < -0.39 is 11.6 Å². The second kappa shape index (κ2) is 5.75. The minimum atomic E-state index is -0.948. The fourth-order valence-electron chi connectivity index (χ4n) is 1.63. The van der Waals surface area contributed by atoms with Gasteiger partial charge in [-0.3, -0.25) is 0 Å². The first-order valence-electron chi connectivity index (χ1n) is 5.87. The summed E-state index contributed by atoms with van der Waals surface area (Å²) in [5, 5.41) is 3.07. The van der Waals surface area contributed by atoms with Crippen LogP contribution in [0.2, 0.25) is 0 Å². The molecule has 0 bridgehead atoms. The normalized spacial score (nSPS) is 12.2. The van der Waals surface area contributed by atoms with Crippen molar-refractivity contribution in [3.8, 4) is 11.6 Å². The lowest BCUT2D eigenvalue weighted by Gasteiger charge is -2.14. The molecule has 0 aliphatic heterocycles. The van der Waals surface area contributed by atoms with E-state index in [4.69, 9.17) is 4.74 Å². The molecule has 19 heavy (non-hydrogen) atoms. The summed E-state index contributed by atoms with van der Waals surface area (Å²) in [6, 6.07) is 7.08. The van der Waals surface area contributed by atoms with E-state index in [9.17, 15) is 8.78 Å². The quantitative estimate of drug-likeness (QED) is 0.918. The van der Waals surface area contributed by atoms with Gasteiger partial charge in [0.1, 0.15) is 5.75 Å². The zero-order valence-corrected chi connectivity index (χ0v) is 10.7. The molecule has 0 fully saturated rings. The van der Waals surface area contributed by atoms with Crippen LogP contribution in [0.1, 0.15) is 18.5 Å². The highest BCUT2D eigenvalue weighted by molar-refractivity contribution is 5.34. The maximum atomic E-state index is 13.1. The summed E-state index contributed by atoms with van der Waals surface area (Å²) in [6.07, 6.45) is 1.58. The van der Waals surface area contributed by atoms with Crippen molar-refractivity contribution in [2.75, 3.05) is 7.05 Å². The van der Waals surface area contributed by atoms with E-state index in [-0.39, 0.29) is 11.8 Å². The highest BCUT2D eigenvalue weighted by Crippen LogP contribution is 2.27. The van der Waals surface area contributed by atoms with Crippen LogP contribution in [-0.2, 0) is 0 Å². The largest absolute Gasteiger partial charge is 0.439 e. The van der Waals surface area contributed by atoms with Crippen LogP contribution in [0.25, 0.3) is 0 Å². The third kappa shape index (κ3) is 3.06. The van der Waals surface area contributed by atoms with Crippen LogP contribution in [0, 0.1) is 11.6 Å². The molecule has 3 nitrogen and oxygen atoms in total. The highest BCUT2D eigenvalue weighted by Gasteiger charge is 2.12. The highest BCUT2D eigenvalue weighted by atomic mass is 19.2. The molecule has 1 unspecified atom stereocenters. The van der Waals surface area contributed by atoms with Gasteiger partial charge in [-0.05, 0) is 32.2 Å². The summed E-state index contributed by atoms with van der Waals surface area (Å²) in [4.78, 5) is 4.12. The van der Waals surface area contributed by atoms with Crippen molar-refractivity contribution in [3.05, 3.63) is 53.7 Å². The Kier molecular flexibility index (Phi) is 4.06. The summed E-state index contributed by atoms with van der Waals surface area (Å²) in [5.74, 6) is -1.27.